The Kier molecular flexibility index (Phi) is 6.17. The van der Waals surface area contributed by atoms with Gasteiger partial charge in [0.2, 0.25) is 5.91 Å². The molecule has 6 nitrogen and oxygen atoms in total. The Morgan fingerprint density at radius 2 is 1.81 bits per heavy atom. The van der Waals surface area contributed by atoms with Gasteiger partial charge >= 0.3 is 0 Å². The van der Waals surface area contributed by atoms with Crippen molar-refractivity contribution in [2.24, 2.45) is 0 Å². The van der Waals surface area contributed by atoms with Gasteiger partial charge in [-0.3, -0.25) is 19.3 Å². The van der Waals surface area contributed by atoms with Crippen LogP contribution in [0.4, 0.5) is 10.5 Å². The van der Waals surface area contributed by atoms with Crippen LogP contribution in [0.5, 0.6) is 5.75 Å². The molecular formula is C19H15IN2O4S. The average molecular weight is 494 g/mol. The number of nitrogens with zero attached hydrogens (tertiary/aromatic N) is 1. The van der Waals surface area contributed by atoms with Crippen LogP contribution in [-0.2, 0) is 9.59 Å². The van der Waals surface area contributed by atoms with Gasteiger partial charge in [0.15, 0.2) is 0 Å². The predicted molar refractivity (Wildman–Crippen MR) is 113 cm³/mol. The van der Waals surface area contributed by atoms with Crippen LogP contribution in [0.2, 0.25) is 0 Å². The van der Waals surface area contributed by atoms with Crippen molar-refractivity contribution in [3.05, 3.63) is 62.6 Å². The molecule has 2 aromatic carbocycles. The number of rotatable bonds is 5. The van der Waals surface area contributed by atoms with Crippen LogP contribution in [0.3, 0.4) is 0 Å². The molecule has 0 unspecified atom stereocenters. The first-order chi connectivity index (χ1) is 13.0. The molecule has 3 rings (SSSR count). The Balaban J connectivity index is 1.65. The summed E-state index contributed by atoms with van der Waals surface area (Å²) in [5, 5.41) is 2.21. The molecule has 0 atom stereocenters. The van der Waals surface area contributed by atoms with Crippen molar-refractivity contribution in [1.82, 2.24) is 4.90 Å². The second kappa shape index (κ2) is 8.57. The van der Waals surface area contributed by atoms with Crippen LogP contribution in [0.15, 0.2) is 53.4 Å². The predicted octanol–water partition coefficient (Wildman–Crippen LogP) is 3.97. The molecule has 1 aliphatic rings. The summed E-state index contributed by atoms with van der Waals surface area (Å²) in [7, 11) is 1.55. The summed E-state index contributed by atoms with van der Waals surface area (Å²) < 4.78 is 6.13. The molecule has 0 spiro atoms. The minimum Gasteiger partial charge on any atom is -0.497 e. The normalized spacial score (nSPS) is 15.3. The van der Waals surface area contributed by atoms with Crippen molar-refractivity contribution in [2.45, 2.75) is 0 Å². The van der Waals surface area contributed by atoms with Crippen LogP contribution < -0.4 is 10.1 Å². The molecule has 0 saturated carbocycles. The third kappa shape index (κ3) is 4.89. The molecule has 1 saturated heterocycles. The fraction of sp³-hybridized carbons (Fsp3) is 0.105. The number of anilines is 1. The van der Waals surface area contributed by atoms with Crippen molar-refractivity contribution >= 4 is 63.2 Å². The van der Waals surface area contributed by atoms with Crippen molar-refractivity contribution in [3.8, 4) is 5.75 Å². The van der Waals surface area contributed by atoms with Crippen LogP contribution >= 0.6 is 34.4 Å². The van der Waals surface area contributed by atoms with Crippen LogP contribution in [-0.4, -0.2) is 35.6 Å². The van der Waals surface area contributed by atoms with Gasteiger partial charge in [-0.05, 0) is 82.4 Å². The summed E-state index contributed by atoms with van der Waals surface area (Å²) in [4.78, 5) is 38.1. The van der Waals surface area contributed by atoms with Gasteiger partial charge in [-0.1, -0.05) is 12.1 Å². The van der Waals surface area contributed by atoms with E-state index in [1.807, 2.05) is 24.3 Å². The number of thioether (sulfide) groups is 1. The summed E-state index contributed by atoms with van der Waals surface area (Å²) >= 11 is 3.03. The highest BCUT2D eigenvalue weighted by Gasteiger charge is 2.36. The van der Waals surface area contributed by atoms with E-state index in [1.165, 1.54) is 0 Å². The van der Waals surface area contributed by atoms with Gasteiger partial charge in [0.05, 0.1) is 12.0 Å². The Morgan fingerprint density at radius 3 is 2.44 bits per heavy atom. The molecule has 1 heterocycles. The number of ether oxygens (including phenoxy) is 1. The lowest BCUT2D eigenvalue weighted by atomic mass is 10.2. The third-order valence-corrected chi connectivity index (χ3v) is 5.34. The molecule has 0 aliphatic carbocycles. The Hall–Kier alpha value is -2.33. The molecule has 1 aliphatic heterocycles. The molecule has 2 aromatic rings. The SMILES string of the molecule is COc1ccc(NC(=O)CN2C(=O)SC(=Cc3ccc(I)cc3)C2=O)cc1. The number of imide groups is 1. The Bertz CT molecular complexity index is 910. The second-order valence-electron chi connectivity index (χ2n) is 5.60. The van der Waals surface area contributed by atoms with Crippen LogP contribution in [0.1, 0.15) is 5.56 Å². The second-order valence-corrected chi connectivity index (χ2v) is 7.83. The van der Waals surface area contributed by atoms with Crippen molar-refractivity contribution in [2.75, 3.05) is 19.0 Å². The maximum absolute atomic E-state index is 12.5. The molecule has 1 N–H and O–H groups in total. The minimum absolute atomic E-state index is 0.304. The standard InChI is InChI=1S/C19H15IN2O4S/c1-26-15-8-6-14(7-9-15)21-17(23)11-22-18(24)16(27-19(22)25)10-12-2-4-13(20)5-3-12/h2-10H,11H2,1H3,(H,21,23). The van der Waals surface area contributed by atoms with Gasteiger partial charge in [-0.2, -0.15) is 0 Å². The van der Waals surface area contributed by atoms with E-state index in [1.54, 1.807) is 37.5 Å². The molecule has 3 amide bonds. The summed E-state index contributed by atoms with van der Waals surface area (Å²) in [6, 6.07) is 14.3. The smallest absolute Gasteiger partial charge is 0.294 e. The number of methoxy groups -OCH3 is 1. The highest BCUT2D eigenvalue weighted by atomic mass is 127. The van der Waals surface area contributed by atoms with Gasteiger partial charge in [0, 0.05) is 9.26 Å². The maximum Gasteiger partial charge on any atom is 0.294 e. The van der Waals surface area contributed by atoms with Gasteiger partial charge in [-0.15, -0.1) is 0 Å². The molecular weight excluding hydrogens is 479 g/mol. The lowest BCUT2D eigenvalue weighted by molar-refractivity contribution is -0.127. The molecule has 1 fully saturated rings. The summed E-state index contributed by atoms with van der Waals surface area (Å²) in [5.41, 5.74) is 1.38. The van der Waals surface area contributed by atoms with Gasteiger partial charge < -0.3 is 10.1 Å². The van der Waals surface area contributed by atoms with E-state index < -0.39 is 17.1 Å². The molecule has 0 radical (unpaired) electrons. The minimum atomic E-state index is -0.464. The number of halogens is 1. The zero-order valence-corrected chi connectivity index (χ0v) is 17.2. The van der Waals surface area contributed by atoms with E-state index in [4.69, 9.17) is 4.74 Å². The van der Waals surface area contributed by atoms with E-state index in [0.29, 0.717) is 16.3 Å². The lowest BCUT2D eigenvalue weighted by Crippen LogP contribution is -2.36. The fourth-order valence-electron chi connectivity index (χ4n) is 2.37. The molecule has 0 bridgehead atoms. The molecule has 0 aromatic heterocycles. The number of carbonyl (C=O) groups is 3. The molecule has 8 heteroatoms. The first-order valence-corrected chi connectivity index (χ1v) is 9.80. The number of nitrogens with one attached hydrogen (secondary N) is 1. The fourth-order valence-corrected chi connectivity index (χ4v) is 3.56. The molecule has 27 heavy (non-hydrogen) atoms. The number of hydrogen-bond donors (Lipinski definition) is 1. The largest absolute Gasteiger partial charge is 0.497 e. The zero-order chi connectivity index (χ0) is 19.4. The van der Waals surface area contributed by atoms with E-state index in [9.17, 15) is 14.4 Å². The van der Waals surface area contributed by atoms with Gasteiger partial charge in [0.25, 0.3) is 11.1 Å². The quantitative estimate of drug-likeness (QED) is 0.503. The highest BCUT2D eigenvalue weighted by Crippen LogP contribution is 2.32. The van der Waals surface area contributed by atoms with Crippen LogP contribution in [0, 0.1) is 3.57 Å². The molecule has 138 valence electrons. The summed E-state index contributed by atoms with van der Waals surface area (Å²) in [5.74, 6) is -0.244. The number of benzene rings is 2. The van der Waals surface area contributed by atoms with Gasteiger partial charge in [0.1, 0.15) is 12.3 Å². The van der Waals surface area contributed by atoms with E-state index >= 15 is 0 Å². The average Bonchev–Trinajstić information content (AvgIpc) is 2.91. The monoisotopic (exact) mass is 494 g/mol. The first-order valence-electron chi connectivity index (χ1n) is 7.91. The van der Waals surface area contributed by atoms with E-state index in [2.05, 4.69) is 27.9 Å². The Labute approximate surface area is 174 Å². The number of carbonyl (C=O) groups excluding carboxylic acids is 3. The third-order valence-electron chi connectivity index (χ3n) is 3.72. The van der Waals surface area contributed by atoms with E-state index in [-0.39, 0.29) is 6.54 Å². The first kappa shape index (κ1) is 19.4. The number of amides is 3. The van der Waals surface area contributed by atoms with Crippen molar-refractivity contribution in [1.29, 1.82) is 0 Å². The maximum atomic E-state index is 12.5. The topological polar surface area (TPSA) is 75.7 Å². The highest BCUT2D eigenvalue weighted by molar-refractivity contribution is 14.1. The van der Waals surface area contributed by atoms with E-state index in [0.717, 1.165) is 25.8 Å². The zero-order valence-electron chi connectivity index (χ0n) is 14.3. The summed E-state index contributed by atoms with van der Waals surface area (Å²) in [6.45, 7) is -0.333. The van der Waals surface area contributed by atoms with Crippen molar-refractivity contribution < 1.29 is 19.1 Å². The van der Waals surface area contributed by atoms with Crippen LogP contribution in [0.25, 0.3) is 6.08 Å². The number of hydrogen-bond acceptors (Lipinski definition) is 5. The lowest BCUT2D eigenvalue weighted by Gasteiger charge is -2.12. The Morgan fingerprint density at radius 1 is 1.15 bits per heavy atom. The summed E-state index contributed by atoms with van der Waals surface area (Å²) in [6.07, 6.45) is 1.66. The van der Waals surface area contributed by atoms with Crippen molar-refractivity contribution in [3.63, 3.8) is 0 Å². The van der Waals surface area contributed by atoms with Gasteiger partial charge in [-0.25, -0.2) is 0 Å².